The molecule has 0 heterocycles. The maximum absolute atomic E-state index is 11.5. The monoisotopic (exact) mass is 427 g/mol. The summed E-state index contributed by atoms with van der Waals surface area (Å²) in [5.41, 5.74) is 0. The number of hydrogen-bond donors (Lipinski definition) is 2. The number of carbonyl (C=O) groups is 1. The molecule has 0 radical (unpaired) electrons. The fourth-order valence-electron chi connectivity index (χ4n) is 2.68. The van der Waals surface area contributed by atoms with Crippen LogP contribution < -0.4 is 5.32 Å². The Labute approximate surface area is 177 Å². The summed E-state index contributed by atoms with van der Waals surface area (Å²) in [6.45, 7) is 1.98. The van der Waals surface area contributed by atoms with Gasteiger partial charge in [-0.05, 0) is 24.7 Å². The highest BCUT2D eigenvalue weighted by atomic mass is 32.3. The number of hydrogen-bond acceptors (Lipinski definition) is 4. The molecule has 0 aromatic carbocycles. The van der Waals surface area contributed by atoms with Crippen LogP contribution in [0.5, 0.6) is 0 Å². The molecule has 0 spiro atoms. The first-order valence-electron chi connectivity index (χ1n) is 10.8. The minimum absolute atomic E-state index is 0.0226. The minimum Gasteiger partial charge on any atom is -0.354 e. The van der Waals surface area contributed by atoms with Crippen LogP contribution in [-0.4, -0.2) is 32.0 Å². The molecule has 29 heavy (non-hydrogen) atoms. The number of unbranched alkanes of at least 4 members (excludes halogenated alkanes) is 11. The van der Waals surface area contributed by atoms with Crippen molar-refractivity contribution < 1.29 is 21.9 Å². The molecule has 0 rings (SSSR count). The van der Waals surface area contributed by atoms with E-state index in [1.807, 2.05) is 0 Å². The smallest absolute Gasteiger partial charge is 0.354 e. The lowest BCUT2D eigenvalue weighted by atomic mass is 10.1. The minimum atomic E-state index is -4.45. The van der Waals surface area contributed by atoms with Crippen LogP contribution in [0.1, 0.15) is 96.8 Å². The number of rotatable bonds is 17. The zero-order chi connectivity index (χ0) is 21.6. The molecule has 0 aromatic heterocycles. The molecule has 166 valence electrons. The van der Waals surface area contributed by atoms with Crippen molar-refractivity contribution in [1.29, 1.82) is 0 Å². The summed E-state index contributed by atoms with van der Waals surface area (Å²) in [5, 5.41) is 2.49. The third-order valence-corrected chi connectivity index (χ3v) is 4.72. The summed E-state index contributed by atoms with van der Waals surface area (Å²) in [6, 6.07) is 0. The fraction of sp³-hybridized carbons (Fsp3) is 0.773. The Balaban J connectivity index is 3.45. The number of carbonyl (C=O) groups excluding carboxylic acids is 1. The first kappa shape index (κ1) is 27.5. The van der Waals surface area contributed by atoms with Crippen molar-refractivity contribution in [2.45, 2.75) is 96.8 Å². The molecule has 0 bridgehead atoms. The molecule has 0 unspecified atom stereocenters. The van der Waals surface area contributed by atoms with Gasteiger partial charge in [-0.2, -0.15) is 8.42 Å². The van der Waals surface area contributed by atoms with Gasteiger partial charge in [-0.3, -0.25) is 9.35 Å². The molecule has 7 heteroatoms. The average Bonchev–Trinajstić information content (AvgIpc) is 2.67. The fourth-order valence-corrected chi connectivity index (χ4v) is 2.97. The molecule has 0 saturated heterocycles. The second-order valence-electron chi connectivity index (χ2n) is 6.99. The van der Waals surface area contributed by atoms with Crippen molar-refractivity contribution >= 4 is 16.3 Å². The van der Waals surface area contributed by atoms with Gasteiger partial charge in [0.05, 0.1) is 6.61 Å². The van der Waals surface area contributed by atoms with Gasteiger partial charge in [0.2, 0.25) is 5.91 Å². The molecular formula is C22H37NO5S. The molecule has 0 aromatic rings. The highest BCUT2D eigenvalue weighted by molar-refractivity contribution is 7.80. The summed E-state index contributed by atoms with van der Waals surface area (Å²) in [5.74, 6) is 11.4. The molecule has 0 aliphatic carbocycles. The molecule has 2 N–H and O–H groups in total. The van der Waals surface area contributed by atoms with Gasteiger partial charge in [0.1, 0.15) is 0 Å². The van der Waals surface area contributed by atoms with E-state index in [4.69, 9.17) is 4.55 Å². The molecule has 0 fully saturated rings. The standard InChI is InChI=1S/C22H37NO5S/c1-2-3-4-5-6-7-8-9-10-11-12-13-14-15-16-17-18-19-22(24)23-20-21-28-29(25,26)27/h2-12,17-21H2,1H3,(H,23,24)(H,25,26,27). The highest BCUT2D eigenvalue weighted by Gasteiger charge is 2.04. The molecule has 1 amide bonds. The molecule has 0 aliphatic rings. The van der Waals surface area contributed by atoms with Crippen LogP contribution >= 0.6 is 0 Å². The van der Waals surface area contributed by atoms with Gasteiger partial charge in [-0.25, -0.2) is 4.18 Å². The van der Waals surface area contributed by atoms with E-state index in [1.165, 1.54) is 57.8 Å². The molecule has 0 atom stereocenters. The molecule has 6 nitrogen and oxygen atoms in total. The van der Waals surface area contributed by atoms with Gasteiger partial charge in [-0.1, -0.05) is 76.6 Å². The second kappa shape index (κ2) is 19.8. The van der Waals surface area contributed by atoms with Crippen molar-refractivity contribution in [1.82, 2.24) is 5.32 Å². The third kappa shape index (κ3) is 24.4. The predicted octanol–water partition coefficient (Wildman–Crippen LogP) is 4.41. The SMILES string of the molecule is CCCCCCCCCCCCC#CC#CCCCC(=O)NCCOS(=O)(=O)O. The Hall–Kier alpha value is -1.54. The summed E-state index contributed by atoms with van der Waals surface area (Å²) < 4.78 is 33.1. The van der Waals surface area contributed by atoms with Gasteiger partial charge in [0.15, 0.2) is 0 Å². The second-order valence-corrected chi connectivity index (χ2v) is 8.08. The van der Waals surface area contributed by atoms with E-state index < -0.39 is 10.4 Å². The maximum Gasteiger partial charge on any atom is 0.397 e. The van der Waals surface area contributed by atoms with E-state index >= 15 is 0 Å². The zero-order valence-electron chi connectivity index (χ0n) is 17.8. The first-order valence-corrected chi connectivity index (χ1v) is 12.2. The predicted molar refractivity (Wildman–Crippen MR) is 116 cm³/mol. The summed E-state index contributed by atoms with van der Waals surface area (Å²) in [6.07, 6.45) is 15.6. The first-order chi connectivity index (χ1) is 14.0. The van der Waals surface area contributed by atoms with Crippen LogP contribution in [0.4, 0.5) is 0 Å². The quantitative estimate of drug-likeness (QED) is 0.204. The van der Waals surface area contributed by atoms with E-state index in [-0.39, 0.29) is 19.1 Å². The Kier molecular flexibility index (Phi) is 18.7. The molecule has 0 saturated carbocycles. The van der Waals surface area contributed by atoms with Gasteiger partial charge >= 0.3 is 10.4 Å². The van der Waals surface area contributed by atoms with Crippen molar-refractivity contribution in [2.75, 3.05) is 13.2 Å². The molecule has 0 aliphatic heterocycles. The van der Waals surface area contributed by atoms with Crippen LogP contribution in [0.3, 0.4) is 0 Å². The topological polar surface area (TPSA) is 92.7 Å². The Morgan fingerprint density at radius 3 is 1.93 bits per heavy atom. The van der Waals surface area contributed by atoms with Gasteiger partial charge < -0.3 is 5.32 Å². The van der Waals surface area contributed by atoms with Crippen LogP contribution in [0, 0.1) is 23.7 Å². The van der Waals surface area contributed by atoms with Crippen molar-refractivity contribution in [3.05, 3.63) is 0 Å². The third-order valence-electron chi connectivity index (χ3n) is 4.26. The number of nitrogens with one attached hydrogen (secondary N) is 1. The summed E-state index contributed by atoms with van der Waals surface area (Å²) in [4.78, 5) is 11.5. The Morgan fingerprint density at radius 2 is 1.38 bits per heavy atom. The van der Waals surface area contributed by atoms with Crippen molar-refractivity contribution in [3.8, 4) is 23.7 Å². The van der Waals surface area contributed by atoms with Gasteiger partial charge in [0.25, 0.3) is 0 Å². The normalized spacial score (nSPS) is 10.6. The Morgan fingerprint density at radius 1 is 0.862 bits per heavy atom. The van der Waals surface area contributed by atoms with Crippen LogP contribution in [-0.2, 0) is 19.4 Å². The van der Waals surface area contributed by atoms with Crippen molar-refractivity contribution in [2.24, 2.45) is 0 Å². The zero-order valence-corrected chi connectivity index (χ0v) is 18.6. The van der Waals surface area contributed by atoms with Gasteiger partial charge in [-0.15, -0.1) is 0 Å². The van der Waals surface area contributed by atoms with E-state index in [0.717, 1.165) is 12.8 Å². The van der Waals surface area contributed by atoms with Crippen LogP contribution in [0.25, 0.3) is 0 Å². The van der Waals surface area contributed by atoms with Gasteiger partial charge in [0, 0.05) is 25.8 Å². The molecular weight excluding hydrogens is 390 g/mol. The number of amides is 1. The van der Waals surface area contributed by atoms with E-state index in [0.29, 0.717) is 19.3 Å². The summed E-state index contributed by atoms with van der Waals surface area (Å²) >= 11 is 0. The van der Waals surface area contributed by atoms with Crippen LogP contribution in [0.15, 0.2) is 0 Å². The Bertz CT molecular complexity index is 638. The lowest BCUT2D eigenvalue weighted by Crippen LogP contribution is -2.27. The average molecular weight is 428 g/mol. The van der Waals surface area contributed by atoms with Crippen LogP contribution in [0.2, 0.25) is 0 Å². The van der Waals surface area contributed by atoms with Crippen molar-refractivity contribution in [3.63, 3.8) is 0 Å². The highest BCUT2D eigenvalue weighted by Crippen LogP contribution is 2.10. The largest absolute Gasteiger partial charge is 0.397 e. The maximum atomic E-state index is 11.5. The summed E-state index contributed by atoms with van der Waals surface area (Å²) in [7, 11) is -4.45. The van der Waals surface area contributed by atoms with E-state index in [2.05, 4.69) is 40.1 Å². The lowest BCUT2D eigenvalue weighted by molar-refractivity contribution is -0.121. The van der Waals surface area contributed by atoms with E-state index in [1.54, 1.807) is 0 Å². The lowest BCUT2D eigenvalue weighted by Gasteiger charge is -2.03. The van der Waals surface area contributed by atoms with E-state index in [9.17, 15) is 13.2 Å².